The van der Waals surface area contributed by atoms with Gasteiger partial charge in [0.15, 0.2) is 22.7 Å². The Labute approximate surface area is 264 Å². The number of allylic oxidation sites excluding steroid dienone is 3. The maximum Gasteiger partial charge on any atom is 0.338 e. The number of carbonyl (C=O) groups is 1. The van der Waals surface area contributed by atoms with Gasteiger partial charge in [-0.15, -0.1) is 0 Å². The number of fused-ring (bicyclic) bond motifs is 5. The van der Waals surface area contributed by atoms with E-state index >= 15 is 0 Å². The van der Waals surface area contributed by atoms with Crippen LogP contribution < -0.4 is 0 Å². The Balaban J connectivity index is 1.76. The van der Waals surface area contributed by atoms with Crippen LogP contribution in [0.15, 0.2) is 23.3 Å². The zero-order chi connectivity index (χ0) is 32.6. The van der Waals surface area contributed by atoms with Gasteiger partial charge in [-0.3, -0.25) is 0 Å². The fourth-order valence-corrected chi connectivity index (χ4v) is 11.2. The van der Waals surface area contributed by atoms with Crippen LogP contribution in [0.2, 0.25) is 36.3 Å². The van der Waals surface area contributed by atoms with Crippen LogP contribution in [-0.2, 0) is 23.1 Å². The van der Waals surface area contributed by atoms with E-state index in [1.807, 2.05) is 0 Å². The molecule has 0 aromatic carbocycles. The predicted molar refractivity (Wildman–Crippen MR) is 179 cm³/mol. The molecule has 8 heteroatoms. The molecule has 43 heavy (non-hydrogen) atoms. The lowest BCUT2D eigenvalue weighted by atomic mass is 9.49. The molecule has 0 aliphatic heterocycles. The van der Waals surface area contributed by atoms with E-state index in [4.69, 9.17) is 18.3 Å². The topological polar surface area (TPSA) is 74.2 Å². The van der Waals surface area contributed by atoms with Gasteiger partial charge >= 0.3 is 5.97 Å². The molecule has 1 unspecified atom stereocenters. The molecule has 0 bridgehead atoms. The van der Waals surface area contributed by atoms with Crippen LogP contribution in [0, 0.1) is 22.7 Å². The zero-order valence-corrected chi connectivity index (χ0v) is 31.8. The standard InChI is InChI=1S/C35H62O6Si2/c1-31(2,3)42(11,12)40-24-21-23-15-16-25-26-18-20-35(37,29(38-9)30(36)39-10)33(26,7)19-17-27(25)34(23,8)28(22-24)41-43(13,14)32(4,5)6/h15-16,24,26-29,37H,17-22H2,1-14H3/t24-,26+,27+,28+,29?,33+,34+,35-/m1/s1. The van der Waals surface area contributed by atoms with Gasteiger partial charge in [-0.2, -0.15) is 0 Å². The monoisotopic (exact) mass is 634 g/mol. The second-order valence-electron chi connectivity index (χ2n) is 17.6. The molecule has 0 saturated heterocycles. The molecule has 8 atom stereocenters. The van der Waals surface area contributed by atoms with E-state index in [1.54, 1.807) is 0 Å². The Hall–Kier alpha value is -0.776. The average molecular weight is 635 g/mol. The van der Waals surface area contributed by atoms with E-state index < -0.39 is 39.7 Å². The minimum atomic E-state index is -2.10. The fraction of sp³-hybridized carbons (Fsp3) is 0.857. The van der Waals surface area contributed by atoms with Crippen LogP contribution in [0.4, 0.5) is 0 Å². The molecular formula is C35H62O6Si2. The van der Waals surface area contributed by atoms with Crippen LogP contribution in [0.25, 0.3) is 0 Å². The molecule has 3 fully saturated rings. The summed E-state index contributed by atoms with van der Waals surface area (Å²) in [5.74, 6) is 0.00203. The van der Waals surface area contributed by atoms with E-state index in [0.29, 0.717) is 12.3 Å². The highest BCUT2D eigenvalue weighted by molar-refractivity contribution is 6.74. The molecule has 1 N–H and O–H groups in total. The molecule has 0 amide bonds. The van der Waals surface area contributed by atoms with Crippen molar-refractivity contribution >= 4 is 22.6 Å². The van der Waals surface area contributed by atoms with Crippen molar-refractivity contribution in [1.29, 1.82) is 0 Å². The van der Waals surface area contributed by atoms with E-state index in [-0.39, 0.29) is 33.6 Å². The molecule has 3 saturated carbocycles. The highest BCUT2D eigenvalue weighted by Gasteiger charge is 2.67. The maximum atomic E-state index is 12.8. The zero-order valence-electron chi connectivity index (χ0n) is 29.8. The molecule has 0 radical (unpaired) electrons. The first kappa shape index (κ1) is 35.1. The second-order valence-corrected chi connectivity index (χ2v) is 27.1. The van der Waals surface area contributed by atoms with Crippen molar-refractivity contribution in [3.05, 3.63) is 23.3 Å². The lowest BCUT2D eigenvalue weighted by Gasteiger charge is -2.60. The largest absolute Gasteiger partial charge is 0.467 e. The number of rotatable bonds is 7. The van der Waals surface area contributed by atoms with Crippen LogP contribution in [-0.4, -0.2) is 65.8 Å². The van der Waals surface area contributed by atoms with Gasteiger partial charge in [0.2, 0.25) is 0 Å². The van der Waals surface area contributed by atoms with E-state index in [9.17, 15) is 9.90 Å². The summed E-state index contributed by atoms with van der Waals surface area (Å²) < 4.78 is 25.3. The van der Waals surface area contributed by atoms with Gasteiger partial charge in [0, 0.05) is 17.9 Å². The number of aliphatic hydroxyl groups is 1. The van der Waals surface area contributed by atoms with Gasteiger partial charge in [-0.1, -0.05) is 78.7 Å². The summed E-state index contributed by atoms with van der Waals surface area (Å²) >= 11 is 0. The number of methoxy groups -OCH3 is 2. The molecule has 4 aliphatic rings. The Bertz CT molecular complexity index is 1150. The van der Waals surface area contributed by atoms with Crippen molar-refractivity contribution in [3.8, 4) is 0 Å². The number of esters is 1. The van der Waals surface area contributed by atoms with Crippen molar-refractivity contribution < 1.29 is 28.2 Å². The van der Waals surface area contributed by atoms with Crippen molar-refractivity contribution in [2.24, 2.45) is 22.7 Å². The summed E-state index contributed by atoms with van der Waals surface area (Å²) in [6, 6.07) is 0. The van der Waals surface area contributed by atoms with Crippen LogP contribution in [0.3, 0.4) is 0 Å². The molecule has 0 heterocycles. The number of hydrogen-bond donors (Lipinski definition) is 1. The highest BCUT2D eigenvalue weighted by Crippen LogP contribution is 2.67. The molecule has 0 aromatic heterocycles. The van der Waals surface area contributed by atoms with Crippen molar-refractivity contribution in [3.63, 3.8) is 0 Å². The van der Waals surface area contributed by atoms with Gasteiger partial charge < -0.3 is 23.4 Å². The Morgan fingerprint density at radius 2 is 1.47 bits per heavy atom. The first-order valence-electron chi connectivity index (χ1n) is 16.6. The van der Waals surface area contributed by atoms with E-state index in [1.165, 1.54) is 25.4 Å². The van der Waals surface area contributed by atoms with Gasteiger partial charge in [0.05, 0.1) is 19.3 Å². The van der Waals surface area contributed by atoms with Crippen LogP contribution in [0.5, 0.6) is 0 Å². The van der Waals surface area contributed by atoms with Crippen molar-refractivity contribution in [1.82, 2.24) is 0 Å². The maximum absolute atomic E-state index is 12.8. The van der Waals surface area contributed by atoms with Gasteiger partial charge in [-0.05, 0) is 86.6 Å². The molecule has 4 aliphatic carbocycles. The quantitative estimate of drug-likeness (QED) is 0.225. The Morgan fingerprint density at radius 1 is 0.907 bits per heavy atom. The van der Waals surface area contributed by atoms with Crippen molar-refractivity contribution in [2.75, 3.05) is 14.2 Å². The molecule has 4 rings (SSSR count). The first-order chi connectivity index (χ1) is 19.5. The molecule has 6 nitrogen and oxygen atoms in total. The lowest BCUT2D eigenvalue weighted by molar-refractivity contribution is -0.193. The molecule has 246 valence electrons. The Morgan fingerprint density at radius 3 is 2.00 bits per heavy atom. The van der Waals surface area contributed by atoms with Crippen LogP contribution in [0.1, 0.15) is 93.9 Å². The number of hydrogen-bond acceptors (Lipinski definition) is 6. The van der Waals surface area contributed by atoms with Crippen LogP contribution >= 0.6 is 0 Å². The molecule has 0 aromatic rings. The third-order valence-corrected chi connectivity index (χ3v) is 22.4. The average Bonchev–Trinajstić information content (AvgIpc) is 3.14. The number of carbonyl (C=O) groups excluding carboxylic acids is 1. The third kappa shape index (κ3) is 5.52. The fourth-order valence-electron chi connectivity index (χ4n) is 8.47. The summed E-state index contributed by atoms with van der Waals surface area (Å²) in [7, 11) is -1.19. The molecule has 0 spiro atoms. The minimum absolute atomic E-state index is 0.0586. The minimum Gasteiger partial charge on any atom is -0.467 e. The van der Waals surface area contributed by atoms with Gasteiger partial charge in [0.25, 0.3) is 0 Å². The summed E-state index contributed by atoms with van der Waals surface area (Å²) in [4.78, 5) is 12.8. The molecular weight excluding hydrogens is 573 g/mol. The predicted octanol–water partition coefficient (Wildman–Crippen LogP) is 8.18. The highest BCUT2D eigenvalue weighted by atomic mass is 28.4. The summed E-state index contributed by atoms with van der Waals surface area (Å²) in [5.41, 5.74) is 0.980. The SMILES string of the molecule is COC(=O)C(OC)[C@]1(O)CC[C@H]2C3=CC=C4C[C@@H](O[Si](C)(C)C(C)(C)C)C[C@H](O[Si](C)(C)C(C)(C)C)[C@]4(C)[C@H]3CC[C@@]21C. The number of ether oxygens (including phenoxy) is 2. The summed E-state index contributed by atoms with van der Waals surface area (Å²) in [6.07, 6.45) is 8.94. The van der Waals surface area contributed by atoms with E-state index in [2.05, 4.69) is 93.7 Å². The summed E-state index contributed by atoms with van der Waals surface area (Å²) in [6.45, 7) is 28.1. The van der Waals surface area contributed by atoms with Gasteiger partial charge in [0.1, 0.15) is 5.60 Å². The smallest absolute Gasteiger partial charge is 0.338 e. The van der Waals surface area contributed by atoms with E-state index in [0.717, 1.165) is 32.1 Å². The summed E-state index contributed by atoms with van der Waals surface area (Å²) in [5, 5.41) is 12.4. The first-order valence-corrected chi connectivity index (χ1v) is 22.4. The lowest BCUT2D eigenvalue weighted by Crippen LogP contribution is -2.61. The van der Waals surface area contributed by atoms with Gasteiger partial charge in [-0.25, -0.2) is 4.79 Å². The van der Waals surface area contributed by atoms with Crippen molar-refractivity contribution in [2.45, 2.75) is 154 Å². The third-order valence-electron chi connectivity index (χ3n) is 13.4. The normalized spacial score (nSPS) is 37.5. The Kier molecular flexibility index (Phi) is 9.13. The second kappa shape index (κ2) is 11.2.